The minimum Gasteiger partial charge on any atom is -0.346 e. The molecule has 2 rings (SSSR count). The number of Topliss-reactive ketones (excluding diaryl/α,β-unsaturated/α-hetero) is 1. The van der Waals surface area contributed by atoms with Gasteiger partial charge in [0.25, 0.3) is 0 Å². The van der Waals surface area contributed by atoms with Crippen molar-refractivity contribution >= 4 is 11.7 Å². The van der Waals surface area contributed by atoms with E-state index in [1.54, 1.807) is 11.7 Å². The molecule has 2 aromatic rings. The van der Waals surface area contributed by atoms with Crippen LogP contribution in [0.2, 0.25) is 0 Å². The molecule has 7 heteroatoms. The Morgan fingerprint density at radius 2 is 1.96 bits per heavy atom. The van der Waals surface area contributed by atoms with Crippen molar-refractivity contribution in [1.82, 2.24) is 20.1 Å². The number of carbonyl (C=O) groups excluding carboxylic acids is 2. The Bertz CT molecular complexity index is 682. The highest BCUT2D eigenvalue weighted by atomic mass is 19.1. The van der Waals surface area contributed by atoms with Crippen molar-refractivity contribution in [2.45, 2.75) is 32.2 Å². The Hall–Kier alpha value is -2.57. The highest BCUT2D eigenvalue weighted by Gasteiger charge is 2.18. The smallest absolute Gasteiger partial charge is 0.221 e. The lowest BCUT2D eigenvalue weighted by Gasteiger charge is -2.15. The van der Waals surface area contributed by atoms with Crippen LogP contribution in [0.3, 0.4) is 0 Å². The van der Waals surface area contributed by atoms with Gasteiger partial charge in [-0.3, -0.25) is 14.3 Å². The molecule has 1 amide bonds. The minimum absolute atomic E-state index is 0.0740. The highest BCUT2D eigenvalue weighted by Crippen LogP contribution is 2.13. The van der Waals surface area contributed by atoms with E-state index < -0.39 is 5.82 Å². The number of hydrogen-bond donors (Lipinski definition) is 1. The number of nitrogens with zero attached hydrogens (tertiary/aromatic N) is 3. The molecule has 0 saturated heterocycles. The normalized spacial score (nSPS) is 12.0. The Kier molecular flexibility index (Phi) is 5.56. The topological polar surface area (TPSA) is 76.9 Å². The standard InChI is InChI=1S/C16H19FN4O2/c1-3-13(16-18-10-19-21(16)2)20-15(23)9-8-14(22)11-4-6-12(17)7-5-11/h4-7,10,13H,3,8-9H2,1-2H3,(H,20,23)/t13-/m1/s1. The summed E-state index contributed by atoms with van der Waals surface area (Å²) in [5, 5.41) is 6.83. The van der Waals surface area contributed by atoms with Gasteiger partial charge in [-0.2, -0.15) is 5.10 Å². The van der Waals surface area contributed by atoms with Crippen LogP contribution in [-0.2, 0) is 11.8 Å². The lowest BCUT2D eigenvalue weighted by atomic mass is 10.1. The van der Waals surface area contributed by atoms with Gasteiger partial charge < -0.3 is 5.32 Å². The Labute approximate surface area is 133 Å². The molecule has 0 spiro atoms. The zero-order valence-electron chi connectivity index (χ0n) is 13.1. The van der Waals surface area contributed by atoms with Crippen LogP contribution >= 0.6 is 0 Å². The molecular weight excluding hydrogens is 299 g/mol. The molecule has 1 atom stereocenters. The van der Waals surface area contributed by atoms with Crippen molar-refractivity contribution in [1.29, 1.82) is 0 Å². The van der Waals surface area contributed by atoms with Crippen molar-refractivity contribution in [3.05, 3.63) is 47.8 Å². The zero-order chi connectivity index (χ0) is 16.8. The van der Waals surface area contributed by atoms with Gasteiger partial charge >= 0.3 is 0 Å². The van der Waals surface area contributed by atoms with Crippen LogP contribution in [0.25, 0.3) is 0 Å². The molecule has 0 aliphatic rings. The van der Waals surface area contributed by atoms with Crippen molar-refractivity contribution in [3.8, 4) is 0 Å². The van der Waals surface area contributed by atoms with E-state index in [9.17, 15) is 14.0 Å². The van der Waals surface area contributed by atoms with Crippen LogP contribution in [0.5, 0.6) is 0 Å². The van der Waals surface area contributed by atoms with Gasteiger partial charge in [-0.05, 0) is 30.7 Å². The quantitative estimate of drug-likeness (QED) is 0.794. The molecule has 1 N–H and O–H groups in total. The molecule has 0 aliphatic carbocycles. The first-order valence-corrected chi connectivity index (χ1v) is 7.43. The lowest BCUT2D eigenvalue weighted by molar-refractivity contribution is -0.121. The number of ketones is 1. The lowest BCUT2D eigenvalue weighted by Crippen LogP contribution is -2.30. The Morgan fingerprint density at radius 1 is 1.26 bits per heavy atom. The van der Waals surface area contributed by atoms with Gasteiger partial charge in [-0.25, -0.2) is 9.37 Å². The maximum absolute atomic E-state index is 12.8. The molecule has 0 unspecified atom stereocenters. The maximum Gasteiger partial charge on any atom is 0.221 e. The number of carbonyl (C=O) groups is 2. The van der Waals surface area contributed by atoms with E-state index in [-0.39, 0.29) is 30.6 Å². The van der Waals surface area contributed by atoms with Crippen LogP contribution < -0.4 is 5.32 Å². The fourth-order valence-electron chi connectivity index (χ4n) is 2.24. The number of aryl methyl sites for hydroxylation is 1. The summed E-state index contributed by atoms with van der Waals surface area (Å²) < 4.78 is 14.4. The molecule has 0 fully saturated rings. The van der Waals surface area contributed by atoms with Gasteiger partial charge in [0.1, 0.15) is 18.0 Å². The summed E-state index contributed by atoms with van der Waals surface area (Å²) in [5.41, 5.74) is 0.402. The maximum atomic E-state index is 12.8. The van der Waals surface area contributed by atoms with E-state index in [0.29, 0.717) is 17.8 Å². The molecule has 122 valence electrons. The third-order valence-corrected chi connectivity index (χ3v) is 3.55. The largest absolute Gasteiger partial charge is 0.346 e. The third kappa shape index (κ3) is 4.45. The van der Waals surface area contributed by atoms with E-state index in [1.165, 1.54) is 30.6 Å². The average Bonchev–Trinajstić information content (AvgIpc) is 2.97. The van der Waals surface area contributed by atoms with Crippen LogP contribution in [0.4, 0.5) is 4.39 Å². The molecule has 6 nitrogen and oxygen atoms in total. The molecule has 0 radical (unpaired) electrons. The fraction of sp³-hybridized carbons (Fsp3) is 0.375. The van der Waals surface area contributed by atoms with Gasteiger partial charge in [-0.1, -0.05) is 6.92 Å². The zero-order valence-corrected chi connectivity index (χ0v) is 13.1. The summed E-state index contributed by atoms with van der Waals surface area (Å²) in [6, 6.07) is 5.06. The molecule has 1 aromatic carbocycles. The van der Waals surface area contributed by atoms with Gasteiger partial charge in [0.05, 0.1) is 6.04 Å². The van der Waals surface area contributed by atoms with Crippen molar-refractivity contribution in [2.24, 2.45) is 7.05 Å². The molecule has 0 aliphatic heterocycles. The summed E-state index contributed by atoms with van der Waals surface area (Å²) in [4.78, 5) is 28.1. The van der Waals surface area contributed by atoms with Crippen molar-refractivity contribution < 1.29 is 14.0 Å². The second-order valence-electron chi connectivity index (χ2n) is 5.20. The number of hydrogen-bond acceptors (Lipinski definition) is 4. The SMILES string of the molecule is CC[C@@H](NC(=O)CCC(=O)c1ccc(F)cc1)c1ncnn1C. The second-order valence-corrected chi connectivity index (χ2v) is 5.20. The second kappa shape index (κ2) is 7.62. The number of amides is 1. The van der Waals surface area contributed by atoms with Crippen LogP contribution in [0, 0.1) is 5.82 Å². The van der Waals surface area contributed by atoms with Gasteiger partial charge in [0.15, 0.2) is 5.78 Å². The van der Waals surface area contributed by atoms with Gasteiger partial charge in [0.2, 0.25) is 5.91 Å². The van der Waals surface area contributed by atoms with E-state index in [0.717, 1.165) is 0 Å². The van der Waals surface area contributed by atoms with E-state index in [4.69, 9.17) is 0 Å². The predicted octanol–water partition coefficient (Wildman–Crippen LogP) is 2.18. The number of aromatic nitrogens is 3. The van der Waals surface area contributed by atoms with E-state index in [1.807, 2.05) is 6.92 Å². The highest BCUT2D eigenvalue weighted by molar-refractivity contribution is 5.97. The minimum atomic E-state index is -0.395. The molecule has 23 heavy (non-hydrogen) atoms. The van der Waals surface area contributed by atoms with Crippen LogP contribution in [0.1, 0.15) is 48.4 Å². The summed E-state index contributed by atoms with van der Waals surface area (Å²) in [6.45, 7) is 1.93. The molecular formula is C16H19FN4O2. The summed E-state index contributed by atoms with van der Waals surface area (Å²) in [6.07, 6.45) is 2.25. The first-order chi connectivity index (χ1) is 11.0. The monoisotopic (exact) mass is 318 g/mol. The average molecular weight is 318 g/mol. The number of rotatable bonds is 7. The summed E-state index contributed by atoms with van der Waals surface area (Å²) >= 11 is 0. The Morgan fingerprint density at radius 3 is 2.52 bits per heavy atom. The predicted molar refractivity (Wildman–Crippen MR) is 82.1 cm³/mol. The molecule has 0 bridgehead atoms. The number of benzene rings is 1. The summed E-state index contributed by atoms with van der Waals surface area (Å²) in [5.74, 6) is -0.137. The van der Waals surface area contributed by atoms with Crippen LogP contribution in [-0.4, -0.2) is 26.5 Å². The fourth-order valence-corrected chi connectivity index (χ4v) is 2.24. The van der Waals surface area contributed by atoms with E-state index in [2.05, 4.69) is 15.4 Å². The van der Waals surface area contributed by atoms with Crippen molar-refractivity contribution in [2.75, 3.05) is 0 Å². The van der Waals surface area contributed by atoms with E-state index >= 15 is 0 Å². The Balaban J connectivity index is 1.88. The molecule has 1 aromatic heterocycles. The number of nitrogens with one attached hydrogen (secondary N) is 1. The van der Waals surface area contributed by atoms with Gasteiger partial charge in [0, 0.05) is 25.5 Å². The summed E-state index contributed by atoms with van der Waals surface area (Å²) in [7, 11) is 1.76. The molecule has 1 heterocycles. The first kappa shape index (κ1) is 16.8. The molecule has 0 saturated carbocycles. The third-order valence-electron chi connectivity index (χ3n) is 3.55. The van der Waals surface area contributed by atoms with Crippen LogP contribution in [0.15, 0.2) is 30.6 Å². The number of halogens is 1. The van der Waals surface area contributed by atoms with Crippen molar-refractivity contribution in [3.63, 3.8) is 0 Å². The first-order valence-electron chi connectivity index (χ1n) is 7.43. The van der Waals surface area contributed by atoms with Gasteiger partial charge in [-0.15, -0.1) is 0 Å².